The fraction of sp³-hybridized carbons (Fsp3) is 0.611. The summed E-state index contributed by atoms with van der Waals surface area (Å²) in [7, 11) is 0. The zero-order valence-electron chi connectivity index (χ0n) is 13.5. The van der Waals surface area contributed by atoms with Crippen LogP contribution in [0.4, 0.5) is 6.01 Å². The van der Waals surface area contributed by atoms with E-state index in [1.54, 1.807) is 0 Å². The normalized spacial score (nSPS) is 26.2. The van der Waals surface area contributed by atoms with Gasteiger partial charge in [-0.25, -0.2) is 0 Å². The highest BCUT2D eigenvalue weighted by Gasteiger charge is 2.35. The second-order valence-corrected chi connectivity index (χ2v) is 6.93. The molecule has 3 heterocycles. The largest absolute Gasteiger partial charge is 0.423 e. The van der Waals surface area contributed by atoms with Crippen LogP contribution in [0.25, 0.3) is 11.1 Å². The number of hydrogen-bond acceptors (Lipinski definition) is 5. The summed E-state index contributed by atoms with van der Waals surface area (Å²) in [6, 6.07) is 8.58. The van der Waals surface area contributed by atoms with Crippen LogP contribution in [-0.4, -0.2) is 54.3 Å². The van der Waals surface area contributed by atoms with Gasteiger partial charge in [-0.05, 0) is 44.0 Å². The SMILES string of the molecule is OC[C@H]1CN(c2nc3ccccc3o2)C[C@H]1CN1CCCCC1. The van der Waals surface area contributed by atoms with Crippen molar-refractivity contribution in [2.75, 3.05) is 44.2 Å². The number of anilines is 1. The third-order valence-electron chi connectivity index (χ3n) is 5.31. The van der Waals surface area contributed by atoms with Gasteiger partial charge < -0.3 is 19.3 Å². The maximum Gasteiger partial charge on any atom is 0.298 e. The molecule has 0 unspecified atom stereocenters. The van der Waals surface area contributed by atoms with Crippen molar-refractivity contribution in [3.8, 4) is 0 Å². The van der Waals surface area contributed by atoms with Crippen LogP contribution in [0.2, 0.25) is 0 Å². The van der Waals surface area contributed by atoms with E-state index in [2.05, 4.69) is 14.8 Å². The minimum atomic E-state index is 0.245. The molecule has 2 aliphatic heterocycles. The van der Waals surface area contributed by atoms with E-state index in [0.717, 1.165) is 30.7 Å². The predicted molar refractivity (Wildman–Crippen MR) is 90.6 cm³/mol. The number of likely N-dealkylation sites (tertiary alicyclic amines) is 1. The number of aliphatic hydroxyl groups excluding tert-OH is 1. The first-order chi connectivity index (χ1) is 11.3. The molecule has 1 aromatic heterocycles. The second kappa shape index (κ2) is 6.49. The third kappa shape index (κ3) is 3.08. The highest BCUT2D eigenvalue weighted by atomic mass is 16.4. The van der Waals surface area contributed by atoms with Crippen LogP contribution in [0.3, 0.4) is 0 Å². The molecule has 1 aromatic carbocycles. The van der Waals surface area contributed by atoms with Crippen LogP contribution < -0.4 is 4.90 Å². The van der Waals surface area contributed by atoms with E-state index >= 15 is 0 Å². The van der Waals surface area contributed by atoms with Crippen LogP contribution in [0.1, 0.15) is 19.3 Å². The first-order valence-electron chi connectivity index (χ1n) is 8.77. The lowest BCUT2D eigenvalue weighted by molar-refractivity contribution is 0.149. The highest BCUT2D eigenvalue weighted by Crippen LogP contribution is 2.31. The van der Waals surface area contributed by atoms with E-state index in [4.69, 9.17) is 4.42 Å². The molecule has 2 atom stereocenters. The summed E-state index contributed by atoms with van der Waals surface area (Å²) >= 11 is 0. The fourth-order valence-electron chi connectivity index (χ4n) is 3.98. The van der Waals surface area contributed by atoms with E-state index in [9.17, 15) is 5.11 Å². The average molecular weight is 315 g/mol. The molecule has 5 heteroatoms. The summed E-state index contributed by atoms with van der Waals surface area (Å²) in [6.45, 7) is 5.50. The maximum absolute atomic E-state index is 9.77. The molecule has 0 saturated carbocycles. The molecule has 0 radical (unpaired) electrons. The quantitative estimate of drug-likeness (QED) is 0.938. The van der Waals surface area contributed by atoms with Crippen LogP contribution in [0.15, 0.2) is 28.7 Å². The molecule has 124 valence electrons. The topological polar surface area (TPSA) is 52.7 Å². The molecule has 23 heavy (non-hydrogen) atoms. The summed E-state index contributed by atoms with van der Waals surface area (Å²) in [6.07, 6.45) is 3.98. The number of piperidine rings is 1. The molecular weight excluding hydrogens is 290 g/mol. The van der Waals surface area contributed by atoms with Gasteiger partial charge >= 0.3 is 0 Å². The van der Waals surface area contributed by atoms with Crippen molar-refractivity contribution < 1.29 is 9.52 Å². The van der Waals surface area contributed by atoms with Crippen molar-refractivity contribution in [3.05, 3.63) is 24.3 Å². The summed E-state index contributed by atoms with van der Waals surface area (Å²) in [5.74, 6) is 0.806. The summed E-state index contributed by atoms with van der Waals surface area (Å²) in [5.41, 5.74) is 1.74. The Morgan fingerprint density at radius 3 is 2.65 bits per heavy atom. The van der Waals surface area contributed by atoms with Gasteiger partial charge in [0.2, 0.25) is 0 Å². The van der Waals surface area contributed by atoms with Gasteiger partial charge in [0.15, 0.2) is 5.58 Å². The number of nitrogens with zero attached hydrogens (tertiary/aromatic N) is 3. The van der Waals surface area contributed by atoms with Crippen LogP contribution in [-0.2, 0) is 0 Å². The fourth-order valence-corrected chi connectivity index (χ4v) is 3.98. The number of benzene rings is 1. The van der Waals surface area contributed by atoms with Gasteiger partial charge in [-0.1, -0.05) is 18.6 Å². The van der Waals surface area contributed by atoms with Gasteiger partial charge in [0, 0.05) is 32.2 Å². The average Bonchev–Trinajstić information content (AvgIpc) is 3.19. The Morgan fingerprint density at radius 1 is 1.09 bits per heavy atom. The van der Waals surface area contributed by atoms with E-state index in [1.165, 1.54) is 32.4 Å². The molecule has 0 spiro atoms. The van der Waals surface area contributed by atoms with Gasteiger partial charge in [0.05, 0.1) is 0 Å². The van der Waals surface area contributed by atoms with Gasteiger partial charge in [0.1, 0.15) is 5.52 Å². The molecule has 5 nitrogen and oxygen atoms in total. The van der Waals surface area contributed by atoms with Crippen molar-refractivity contribution in [2.45, 2.75) is 19.3 Å². The van der Waals surface area contributed by atoms with Crippen molar-refractivity contribution in [3.63, 3.8) is 0 Å². The minimum absolute atomic E-state index is 0.245. The Labute approximate surface area is 136 Å². The van der Waals surface area contributed by atoms with Gasteiger partial charge in [-0.15, -0.1) is 0 Å². The number of fused-ring (bicyclic) bond motifs is 1. The summed E-state index contributed by atoms with van der Waals surface area (Å²) < 4.78 is 5.90. The molecule has 0 aliphatic carbocycles. The monoisotopic (exact) mass is 315 g/mol. The predicted octanol–water partition coefficient (Wildman–Crippen LogP) is 2.36. The Hall–Kier alpha value is -1.59. The van der Waals surface area contributed by atoms with Crippen molar-refractivity contribution in [1.29, 1.82) is 0 Å². The number of rotatable bonds is 4. The molecule has 2 aliphatic rings. The van der Waals surface area contributed by atoms with E-state index in [-0.39, 0.29) is 6.61 Å². The smallest absolute Gasteiger partial charge is 0.298 e. The minimum Gasteiger partial charge on any atom is -0.423 e. The number of aromatic nitrogens is 1. The molecule has 2 fully saturated rings. The standard InChI is InChI=1S/C18H25N3O2/c22-13-15-12-21(11-14(15)10-20-8-4-1-5-9-20)18-19-16-6-2-3-7-17(16)23-18/h2-3,6-7,14-15,22H,1,4-5,8-13H2/t14-,15-/m1/s1. The Bertz CT molecular complexity index is 618. The lowest BCUT2D eigenvalue weighted by Gasteiger charge is -2.30. The Kier molecular flexibility index (Phi) is 4.23. The molecule has 4 rings (SSSR count). The molecule has 1 N–H and O–H groups in total. The zero-order chi connectivity index (χ0) is 15.6. The molecule has 2 saturated heterocycles. The number of oxazole rings is 1. The van der Waals surface area contributed by atoms with Crippen LogP contribution >= 0.6 is 0 Å². The van der Waals surface area contributed by atoms with Crippen molar-refractivity contribution in [1.82, 2.24) is 9.88 Å². The number of hydrogen-bond donors (Lipinski definition) is 1. The number of aliphatic hydroxyl groups is 1. The van der Waals surface area contributed by atoms with Crippen LogP contribution in [0.5, 0.6) is 0 Å². The number of para-hydroxylation sites is 2. The van der Waals surface area contributed by atoms with Gasteiger partial charge in [-0.2, -0.15) is 4.98 Å². The molecule has 0 amide bonds. The van der Waals surface area contributed by atoms with Gasteiger partial charge in [0.25, 0.3) is 6.01 Å². The first-order valence-corrected chi connectivity index (χ1v) is 8.77. The first kappa shape index (κ1) is 15.0. The summed E-state index contributed by atoms with van der Waals surface area (Å²) in [4.78, 5) is 9.37. The lowest BCUT2D eigenvalue weighted by atomic mass is 9.95. The van der Waals surface area contributed by atoms with Crippen molar-refractivity contribution >= 4 is 17.1 Å². The van der Waals surface area contributed by atoms with E-state index in [0.29, 0.717) is 17.9 Å². The molecule has 0 bridgehead atoms. The third-order valence-corrected chi connectivity index (χ3v) is 5.31. The molecular formula is C18H25N3O2. The second-order valence-electron chi connectivity index (χ2n) is 6.93. The molecule has 2 aromatic rings. The Morgan fingerprint density at radius 2 is 1.87 bits per heavy atom. The Balaban J connectivity index is 1.47. The lowest BCUT2D eigenvalue weighted by Crippen LogP contribution is -2.37. The van der Waals surface area contributed by atoms with E-state index < -0.39 is 0 Å². The van der Waals surface area contributed by atoms with Crippen molar-refractivity contribution in [2.24, 2.45) is 11.8 Å². The van der Waals surface area contributed by atoms with Crippen LogP contribution in [0, 0.1) is 11.8 Å². The maximum atomic E-state index is 9.77. The van der Waals surface area contributed by atoms with E-state index in [1.807, 2.05) is 24.3 Å². The summed E-state index contributed by atoms with van der Waals surface area (Å²) in [5, 5.41) is 9.77. The van der Waals surface area contributed by atoms with Gasteiger partial charge in [-0.3, -0.25) is 0 Å². The highest BCUT2D eigenvalue weighted by molar-refractivity contribution is 5.74. The zero-order valence-corrected chi connectivity index (χ0v) is 13.5.